The molecule has 0 bridgehead atoms. The second kappa shape index (κ2) is 35.3. The summed E-state index contributed by atoms with van der Waals surface area (Å²) in [6, 6.07) is -13.6. The SMILES string of the molecule is C/C=C/C[C@@H](C)[C@@H](O)[C@H]1C(=O)N[C@@H](CC)C(=O)N(C)[C@H](C)CC(=O)N(C)[C@@H](CC(C)(C)O)C(=O)N[C@@H](C(C)C)C(=O)N(C)[C@@H](CC(C)C)C(=O)N[C@@H](C)C(=O)N[C@H](C)C(=O)N(C)[C@@H](CC(C)C)C(=O)N(C)[C@@H](CC(C)C)C(=O)N(C)[C@@H](C(C)C)C(=O)N1C. The van der Waals surface area contributed by atoms with E-state index < -0.39 is 161 Å². The van der Waals surface area contributed by atoms with Crippen LogP contribution in [0.3, 0.4) is 0 Å². The van der Waals surface area contributed by atoms with E-state index in [0.717, 1.165) is 9.80 Å². The Morgan fingerprint density at radius 1 is 0.500 bits per heavy atom. The summed E-state index contributed by atoms with van der Waals surface area (Å²) >= 11 is 0. The molecule has 0 aromatic rings. The van der Waals surface area contributed by atoms with Crippen molar-refractivity contribution in [1.82, 2.24) is 55.6 Å². The molecule has 6 N–H and O–H groups in total. The van der Waals surface area contributed by atoms with E-state index in [1.54, 1.807) is 67.5 Å². The third-order valence-corrected chi connectivity index (χ3v) is 16.8. The average molecular weight is 1250 g/mol. The molecule has 11 amide bonds. The normalized spacial score (nSPS) is 27.5. The molecule has 24 heteroatoms. The van der Waals surface area contributed by atoms with E-state index in [-0.39, 0.29) is 56.3 Å². The second-order valence-electron chi connectivity index (χ2n) is 27.3. The van der Waals surface area contributed by atoms with E-state index in [9.17, 15) is 53.4 Å². The topological polar surface area (TPSA) is 299 Å². The number of carbonyl (C=O) groups excluding carboxylic acids is 11. The zero-order chi connectivity index (χ0) is 68.5. The van der Waals surface area contributed by atoms with Gasteiger partial charge in [0, 0.05) is 68.2 Å². The Balaban J connectivity index is 4.35. The average Bonchev–Trinajstić information content (AvgIpc) is 1.63. The maximum absolute atomic E-state index is 15.2. The number of likely N-dealkylation sites (N-methyl/N-ethyl adjacent to an activating group) is 7. The highest BCUT2D eigenvalue weighted by Crippen LogP contribution is 2.26. The molecule has 0 saturated carbocycles. The molecule has 504 valence electrons. The van der Waals surface area contributed by atoms with Crippen molar-refractivity contribution in [3.8, 4) is 0 Å². The molecule has 0 radical (unpaired) electrons. The lowest BCUT2D eigenvalue weighted by atomic mass is 9.91. The van der Waals surface area contributed by atoms with Crippen LogP contribution in [0.15, 0.2) is 12.2 Å². The van der Waals surface area contributed by atoms with E-state index in [2.05, 4.69) is 21.3 Å². The molecule has 1 aliphatic rings. The van der Waals surface area contributed by atoms with Gasteiger partial charge in [0.15, 0.2) is 0 Å². The molecule has 1 rings (SSSR count). The highest BCUT2D eigenvalue weighted by molar-refractivity contribution is 5.99. The summed E-state index contributed by atoms with van der Waals surface area (Å²) in [5.41, 5.74) is -1.52. The van der Waals surface area contributed by atoms with Crippen molar-refractivity contribution in [2.45, 2.75) is 248 Å². The molecule has 0 aliphatic carbocycles. The summed E-state index contributed by atoms with van der Waals surface area (Å²) in [6.45, 7) is 30.5. The van der Waals surface area contributed by atoms with E-state index in [0.29, 0.717) is 6.42 Å². The fourth-order valence-corrected chi connectivity index (χ4v) is 11.0. The molecular weight excluding hydrogens is 1130 g/mol. The molecule has 0 unspecified atom stereocenters. The van der Waals surface area contributed by atoms with Gasteiger partial charge in [0.05, 0.1) is 11.7 Å². The molecule has 0 aromatic carbocycles. The van der Waals surface area contributed by atoms with Gasteiger partial charge in [-0.25, -0.2) is 0 Å². The molecule has 1 heterocycles. The summed E-state index contributed by atoms with van der Waals surface area (Å²) in [5, 5.41) is 34.2. The number of amides is 11. The Labute approximate surface area is 526 Å². The first kappa shape index (κ1) is 79.8. The lowest BCUT2D eigenvalue weighted by molar-refractivity contribution is -0.157. The smallest absolute Gasteiger partial charge is 0.246 e. The van der Waals surface area contributed by atoms with Gasteiger partial charge in [-0.3, -0.25) is 52.7 Å². The van der Waals surface area contributed by atoms with E-state index in [1.165, 1.54) is 102 Å². The minimum Gasteiger partial charge on any atom is -0.390 e. The lowest BCUT2D eigenvalue weighted by Gasteiger charge is -2.41. The van der Waals surface area contributed by atoms with Crippen molar-refractivity contribution < 1.29 is 63.0 Å². The number of nitrogens with one attached hydrogen (secondary N) is 4. The molecule has 1 saturated heterocycles. The van der Waals surface area contributed by atoms with E-state index >= 15 is 9.59 Å². The molecule has 1 aliphatic heterocycles. The first-order valence-electron chi connectivity index (χ1n) is 31.5. The van der Waals surface area contributed by atoms with Crippen LogP contribution >= 0.6 is 0 Å². The monoisotopic (exact) mass is 1250 g/mol. The number of hydrogen-bond donors (Lipinski definition) is 6. The van der Waals surface area contributed by atoms with Crippen LogP contribution in [0.25, 0.3) is 0 Å². The number of allylic oxidation sites excluding steroid dienone is 2. The zero-order valence-electron chi connectivity index (χ0n) is 58.0. The Hall–Kier alpha value is -6.17. The van der Waals surface area contributed by atoms with Gasteiger partial charge in [0.25, 0.3) is 0 Å². The van der Waals surface area contributed by atoms with Crippen LogP contribution in [0.5, 0.6) is 0 Å². The predicted octanol–water partition coefficient (Wildman–Crippen LogP) is 3.16. The lowest BCUT2D eigenvalue weighted by Crippen LogP contribution is -2.63. The minimum atomic E-state index is -1.61. The van der Waals surface area contributed by atoms with Gasteiger partial charge >= 0.3 is 0 Å². The largest absolute Gasteiger partial charge is 0.390 e. The number of aliphatic hydroxyl groups excluding tert-OH is 1. The van der Waals surface area contributed by atoms with Crippen LogP contribution in [0.4, 0.5) is 0 Å². The van der Waals surface area contributed by atoms with Crippen molar-refractivity contribution in [2.24, 2.45) is 35.5 Å². The highest BCUT2D eigenvalue weighted by atomic mass is 16.3. The predicted molar refractivity (Wildman–Crippen MR) is 339 cm³/mol. The Morgan fingerprint density at radius 3 is 1.40 bits per heavy atom. The van der Waals surface area contributed by atoms with Gasteiger partial charge in [-0.15, -0.1) is 0 Å². The van der Waals surface area contributed by atoms with Crippen molar-refractivity contribution in [3.05, 3.63) is 12.2 Å². The Bertz CT molecular complexity index is 2430. The van der Waals surface area contributed by atoms with E-state index in [4.69, 9.17) is 0 Å². The summed E-state index contributed by atoms with van der Waals surface area (Å²) < 4.78 is 0. The van der Waals surface area contributed by atoms with Crippen molar-refractivity contribution in [2.75, 3.05) is 49.3 Å². The molecule has 1 fully saturated rings. The number of carbonyl (C=O) groups is 11. The van der Waals surface area contributed by atoms with Crippen LogP contribution in [0.1, 0.15) is 170 Å². The molecule has 24 nitrogen and oxygen atoms in total. The molecular formula is C64H115N11O13. The summed E-state index contributed by atoms with van der Waals surface area (Å²) in [7, 11) is 9.90. The molecule has 13 atom stereocenters. The van der Waals surface area contributed by atoms with Crippen LogP contribution in [0, 0.1) is 35.5 Å². The fourth-order valence-electron chi connectivity index (χ4n) is 11.0. The summed E-state index contributed by atoms with van der Waals surface area (Å²) in [5.74, 6) is -9.83. The second-order valence-corrected chi connectivity index (χ2v) is 27.3. The van der Waals surface area contributed by atoms with Crippen LogP contribution < -0.4 is 21.3 Å². The van der Waals surface area contributed by atoms with Gasteiger partial charge in [-0.2, -0.15) is 0 Å². The molecule has 0 aromatic heterocycles. The van der Waals surface area contributed by atoms with Crippen LogP contribution in [-0.4, -0.2) is 237 Å². The minimum absolute atomic E-state index is 0.0394. The van der Waals surface area contributed by atoms with Gasteiger partial charge in [0.1, 0.15) is 60.4 Å². The first-order valence-corrected chi connectivity index (χ1v) is 31.5. The van der Waals surface area contributed by atoms with Crippen molar-refractivity contribution >= 4 is 65.0 Å². The van der Waals surface area contributed by atoms with Crippen molar-refractivity contribution in [3.63, 3.8) is 0 Å². The zero-order valence-corrected chi connectivity index (χ0v) is 58.0. The third kappa shape index (κ3) is 22.4. The van der Waals surface area contributed by atoms with Gasteiger partial charge in [-0.1, -0.05) is 95.2 Å². The van der Waals surface area contributed by atoms with Crippen LogP contribution in [0.2, 0.25) is 0 Å². The Morgan fingerprint density at radius 2 is 0.943 bits per heavy atom. The number of aliphatic hydroxyl groups is 2. The molecule has 88 heavy (non-hydrogen) atoms. The summed E-state index contributed by atoms with van der Waals surface area (Å²) in [6.07, 6.45) is 2.23. The Kier molecular flexibility index (Phi) is 32.0. The standard InChI is InChI=1S/C64H115N11O13/c1-26-28-29-40(13)53(77)52-57(81)67-44(27-2)59(83)69(19)41(14)33-49(76)70(20)48(34-64(17,18)88)56(80)68-50(38(9)10)62(86)71(21)45(30-35(3)4)55(79)65-42(15)54(78)66-43(16)58(82)72(22)46(31-36(5)6)60(84)73(23)47(32-37(7)8)61(85)74(24)51(39(11)12)63(87)75(52)25/h26,28,35-48,50-53,77,88H,27,29-34H2,1-25H3,(H,65,79)(H,66,78)(H,67,81)(H,68,80)/b28-26+/t40-,41-,42+,43-,44+,45+,46+,47+,48+,50+,51+,52+,53-/m1/s1. The first-order chi connectivity index (χ1) is 40.4. The quantitative estimate of drug-likeness (QED) is 0.129. The van der Waals surface area contributed by atoms with Crippen molar-refractivity contribution in [1.29, 1.82) is 0 Å². The molecule has 0 spiro atoms. The highest BCUT2D eigenvalue weighted by Gasteiger charge is 2.46. The number of rotatable bonds is 15. The van der Waals surface area contributed by atoms with Crippen LogP contribution in [-0.2, 0) is 52.7 Å². The van der Waals surface area contributed by atoms with Gasteiger partial charge in [0.2, 0.25) is 65.0 Å². The maximum atomic E-state index is 15.2. The number of nitrogens with zero attached hydrogens (tertiary/aromatic N) is 7. The third-order valence-electron chi connectivity index (χ3n) is 16.8. The summed E-state index contributed by atoms with van der Waals surface area (Å²) in [4.78, 5) is 169. The maximum Gasteiger partial charge on any atom is 0.246 e. The van der Waals surface area contributed by atoms with Gasteiger partial charge in [-0.05, 0) is 109 Å². The fraction of sp³-hybridized carbons (Fsp3) is 0.797. The van der Waals surface area contributed by atoms with E-state index in [1.807, 2.05) is 41.5 Å². The van der Waals surface area contributed by atoms with Gasteiger partial charge < -0.3 is 65.8 Å². The number of hydrogen-bond acceptors (Lipinski definition) is 13.